The van der Waals surface area contributed by atoms with Gasteiger partial charge in [-0.15, -0.1) is 6.58 Å². The Bertz CT molecular complexity index is 1780. The van der Waals surface area contributed by atoms with Crippen LogP contribution in [0.3, 0.4) is 0 Å². The first-order chi connectivity index (χ1) is 21.0. The fourth-order valence-electron chi connectivity index (χ4n) is 4.71. The van der Waals surface area contributed by atoms with Crippen LogP contribution in [0.2, 0.25) is 0 Å². The summed E-state index contributed by atoms with van der Waals surface area (Å²) in [7, 11) is 0. The molecule has 5 aromatic carbocycles. The molecule has 0 aliphatic carbocycles. The molecule has 0 radical (unpaired) electrons. The lowest BCUT2D eigenvalue weighted by molar-refractivity contribution is -0.189. The first kappa shape index (κ1) is 30.5. The molecule has 0 fully saturated rings. The van der Waals surface area contributed by atoms with Crippen molar-refractivity contribution in [1.29, 1.82) is 0 Å². The SMILES string of the molecule is C=CCCc1ccc(-c2ccc(-c3ccc(-c4cc(F)c(C(F)(F)Oc5cc(F)c(F)c(F)c5)c(F)c4)c(F)c3)cc2)cc1. The highest BCUT2D eigenvalue weighted by atomic mass is 19.3. The smallest absolute Gasteiger partial charge is 0.429 e. The summed E-state index contributed by atoms with van der Waals surface area (Å²) in [5.41, 5.74) is 1.75. The van der Waals surface area contributed by atoms with Crippen molar-refractivity contribution in [2.24, 2.45) is 0 Å². The van der Waals surface area contributed by atoms with E-state index in [1.165, 1.54) is 17.7 Å². The number of alkyl halides is 2. The van der Waals surface area contributed by atoms with Crippen molar-refractivity contribution < 1.29 is 39.9 Å². The topological polar surface area (TPSA) is 9.23 Å². The zero-order valence-electron chi connectivity index (χ0n) is 22.8. The van der Waals surface area contributed by atoms with Gasteiger partial charge in [0.05, 0.1) is 0 Å². The van der Waals surface area contributed by atoms with E-state index in [9.17, 15) is 30.7 Å². The molecule has 0 amide bonds. The van der Waals surface area contributed by atoms with E-state index >= 15 is 4.39 Å². The fraction of sp³-hybridized carbons (Fsp3) is 0.0857. The summed E-state index contributed by atoms with van der Waals surface area (Å²) in [4.78, 5) is 0. The van der Waals surface area contributed by atoms with E-state index in [1.807, 2.05) is 42.5 Å². The molecule has 224 valence electrons. The molecule has 1 nitrogen and oxygen atoms in total. The van der Waals surface area contributed by atoms with Gasteiger partial charge in [-0.1, -0.05) is 66.7 Å². The maximum Gasteiger partial charge on any atom is 0.432 e. The first-order valence-corrected chi connectivity index (χ1v) is 13.3. The molecule has 0 heterocycles. The summed E-state index contributed by atoms with van der Waals surface area (Å²) >= 11 is 0. The van der Waals surface area contributed by atoms with Crippen molar-refractivity contribution in [1.82, 2.24) is 0 Å². The molecule has 0 aromatic heterocycles. The second kappa shape index (κ2) is 12.4. The van der Waals surface area contributed by atoms with Crippen LogP contribution in [0.15, 0.2) is 104 Å². The Hall–Kier alpha value is -4.92. The number of allylic oxidation sites excluding steroid dienone is 1. The summed E-state index contributed by atoms with van der Waals surface area (Å²) in [6, 6.07) is 20.5. The van der Waals surface area contributed by atoms with E-state index in [2.05, 4.69) is 11.3 Å². The molecular weight excluding hydrogens is 588 g/mol. The van der Waals surface area contributed by atoms with Crippen LogP contribution in [0.4, 0.5) is 35.1 Å². The standard InChI is InChI=1S/C35H22F8O/c1-2-3-4-20-5-7-21(8-6-20)22-9-11-23(12-10-22)24-13-14-27(28(36)15-24)25-16-29(37)33(30(38)17-25)35(42,43)44-26-18-31(39)34(41)32(40)19-26/h2,5-19H,1,3-4H2. The van der Waals surface area contributed by atoms with Gasteiger partial charge in [-0.25, -0.2) is 26.3 Å². The van der Waals surface area contributed by atoms with Gasteiger partial charge in [0, 0.05) is 17.7 Å². The Kier molecular flexibility index (Phi) is 8.58. The molecule has 0 bridgehead atoms. The molecule has 0 atom stereocenters. The minimum absolute atomic E-state index is 0.101. The predicted octanol–water partition coefficient (Wildman–Crippen LogP) is 10.8. The predicted molar refractivity (Wildman–Crippen MR) is 152 cm³/mol. The largest absolute Gasteiger partial charge is 0.432 e. The van der Waals surface area contributed by atoms with Crippen molar-refractivity contribution >= 4 is 0 Å². The Balaban J connectivity index is 1.36. The van der Waals surface area contributed by atoms with Crippen molar-refractivity contribution in [3.63, 3.8) is 0 Å². The minimum Gasteiger partial charge on any atom is -0.429 e. The third kappa shape index (κ3) is 6.37. The van der Waals surface area contributed by atoms with Crippen molar-refractivity contribution in [2.75, 3.05) is 0 Å². The number of halogens is 8. The molecular formula is C35H22F8O. The molecule has 0 spiro atoms. The minimum atomic E-state index is -4.76. The van der Waals surface area contributed by atoms with Gasteiger partial charge in [-0.05, 0) is 64.4 Å². The molecule has 5 rings (SSSR count). The van der Waals surface area contributed by atoms with Crippen molar-refractivity contribution in [3.8, 4) is 39.1 Å². The number of benzene rings is 5. The summed E-state index contributed by atoms with van der Waals surface area (Å²) in [6.07, 6.45) is -1.11. The van der Waals surface area contributed by atoms with Crippen LogP contribution in [-0.2, 0) is 12.5 Å². The second-order valence-corrected chi connectivity index (χ2v) is 9.93. The van der Waals surface area contributed by atoms with E-state index in [0.717, 1.165) is 30.0 Å². The van der Waals surface area contributed by atoms with E-state index in [0.29, 0.717) is 23.3 Å². The van der Waals surface area contributed by atoms with Gasteiger partial charge in [0.2, 0.25) is 0 Å². The summed E-state index contributed by atoms with van der Waals surface area (Å²) in [5.74, 6) is -11.3. The van der Waals surface area contributed by atoms with Crippen molar-refractivity contribution in [2.45, 2.75) is 19.0 Å². The maximum atomic E-state index is 15.2. The van der Waals surface area contributed by atoms with Crippen molar-refractivity contribution in [3.05, 3.63) is 150 Å². The monoisotopic (exact) mass is 610 g/mol. The van der Waals surface area contributed by atoms with Gasteiger partial charge in [0.1, 0.15) is 28.8 Å². The van der Waals surface area contributed by atoms with Crippen LogP contribution in [-0.4, -0.2) is 0 Å². The van der Waals surface area contributed by atoms with E-state index < -0.39 is 52.3 Å². The molecule has 0 saturated carbocycles. The molecule has 9 heteroatoms. The molecule has 0 aliphatic rings. The molecule has 0 aliphatic heterocycles. The average Bonchev–Trinajstić information content (AvgIpc) is 2.98. The quantitative estimate of drug-likeness (QED) is 0.0917. The zero-order chi connectivity index (χ0) is 31.6. The third-order valence-corrected chi connectivity index (χ3v) is 6.96. The lowest BCUT2D eigenvalue weighted by Gasteiger charge is -2.20. The number of ether oxygens (including phenoxy) is 1. The highest BCUT2D eigenvalue weighted by Crippen LogP contribution is 2.38. The van der Waals surface area contributed by atoms with Gasteiger partial charge >= 0.3 is 6.11 Å². The van der Waals surface area contributed by atoms with E-state index in [-0.39, 0.29) is 23.3 Å². The van der Waals surface area contributed by atoms with Crippen LogP contribution < -0.4 is 4.74 Å². The number of hydrogen-bond donors (Lipinski definition) is 0. The van der Waals surface area contributed by atoms with Gasteiger partial charge in [0.25, 0.3) is 0 Å². The lowest BCUT2D eigenvalue weighted by atomic mass is 9.96. The molecule has 44 heavy (non-hydrogen) atoms. The molecule has 0 N–H and O–H groups in total. The van der Waals surface area contributed by atoms with Gasteiger partial charge in [0.15, 0.2) is 17.5 Å². The molecule has 0 unspecified atom stereocenters. The van der Waals surface area contributed by atoms with Crippen LogP contribution in [0.25, 0.3) is 33.4 Å². The summed E-state index contributed by atoms with van der Waals surface area (Å²) < 4.78 is 118. The third-order valence-electron chi connectivity index (χ3n) is 6.96. The normalized spacial score (nSPS) is 11.5. The zero-order valence-corrected chi connectivity index (χ0v) is 22.8. The van der Waals surface area contributed by atoms with Crippen LogP contribution in [0.1, 0.15) is 17.5 Å². The summed E-state index contributed by atoms with van der Waals surface area (Å²) in [6.45, 7) is 3.73. The Labute approximate surface area is 247 Å². The first-order valence-electron chi connectivity index (χ1n) is 13.3. The van der Waals surface area contributed by atoms with Crippen LogP contribution in [0, 0.1) is 34.9 Å². The Morgan fingerprint density at radius 1 is 0.568 bits per heavy atom. The van der Waals surface area contributed by atoms with Crippen LogP contribution in [0.5, 0.6) is 5.75 Å². The Morgan fingerprint density at radius 2 is 1.05 bits per heavy atom. The fourth-order valence-corrected chi connectivity index (χ4v) is 4.71. The number of hydrogen-bond acceptors (Lipinski definition) is 1. The summed E-state index contributed by atoms with van der Waals surface area (Å²) in [5, 5.41) is 0. The second-order valence-electron chi connectivity index (χ2n) is 9.93. The average molecular weight is 611 g/mol. The lowest BCUT2D eigenvalue weighted by Crippen LogP contribution is -2.25. The van der Waals surface area contributed by atoms with Gasteiger partial charge < -0.3 is 4.74 Å². The van der Waals surface area contributed by atoms with Gasteiger partial charge in [-0.3, -0.25) is 0 Å². The molecule has 0 saturated heterocycles. The Morgan fingerprint density at radius 3 is 1.57 bits per heavy atom. The van der Waals surface area contributed by atoms with Gasteiger partial charge in [-0.2, -0.15) is 8.78 Å². The van der Waals surface area contributed by atoms with E-state index in [1.54, 1.807) is 12.1 Å². The highest BCUT2D eigenvalue weighted by Gasteiger charge is 2.41. The van der Waals surface area contributed by atoms with E-state index in [4.69, 9.17) is 0 Å². The highest BCUT2D eigenvalue weighted by molar-refractivity contribution is 5.74. The van der Waals surface area contributed by atoms with Crippen LogP contribution >= 0.6 is 0 Å². The number of aryl methyl sites for hydroxylation is 1. The molecule has 5 aromatic rings. The maximum absolute atomic E-state index is 15.2. The number of rotatable bonds is 9.